The Morgan fingerprint density at radius 1 is 0.582 bits per heavy atom. The number of fused-ring (bicyclic) bond motifs is 7. The molecule has 15 N–H and O–H groups in total. The number of carbonyl (C=O) groups is 3. The summed E-state index contributed by atoms with van der Waals surface area (Å²) in [5.41, 5.74) is -4.97. The zero-order chi connectivity index (χ0) is 71.3. The molecular weight excluding hydrogens is 1300 g/mol. The van der Waals surface area contributed by atoms with Crippen molar-refractivity contribution in [2.24, 2.45) is 50.2 Å². The lowest BCUT2D eigenvalue weighted by Gasteiger charge is -2.71. The number of carboxylic acid groups (broad SMARTS) is 1. The van der Waals surface area contributed by atoms with Crippen LogP contribution in [0.15, 0.2) is 42.0 Å². The summed E-state index contributed by atoms with van der Waals surface area (Å²) in [5, 5.41) is 167. The van der Waals surface area contributed by atoms with E-state index in [0.29, 0.717) is 37.0 Å². The lowest BCUT2D eigenvalue weighted by molar-refractivity contribution is -0.390. The van der Waals surface area contributed by atoms with Crippen LogP contribution in [-0.2, 0) is 66.5 Å². The zero-order valence-corrected chi connectivity index (χ0v) is 56.2. The minimum atomic E-state index is -2.08. The largest absolute Gasteiger partial charge is 0.497 e. The highest BCUT2D eigenvalue weighted by Crippen LogP contribution is 2.76. The number of hydrogen-bond acceptors (Lipinski definition) is 29. The number of methoxy groups -OCH3 is 1. The topological polar surface area (TPSA) is 465 Å². The lowest BCUT2D eigenvalue weighted by Crippen LogP contribution is -2.71. The number of carboxylic acids is 1. The van der Waals surface area contributed by atoms with Gasteiger partial charge in [-0.15, -0.1) is 0 Å². The average Bonchev–Trinajstić information content (AvgIpc) is 0.670. The number of aliphatic hydroxyl groups excluding tert-OH is 14. The van der Waals surface area contributed by atoms with Crippen molar-refractivity contribution < 1.29 is 148 Å². The number of hydrogen-bond donors (Lipinski definition) is 15. The van der Waals surface area contributed by atoms with Gasteiger partial charge in [-0.3, -0.25) is 9.59 Å². The molecule has 4 saturated carbocycles. The number of aliphatic carboxylic acids is 1. The first-order valence-electron chi connectivity index (χ1n) is 34.0. The van der Waals surface area contributed by atoms with Gasteiger partial charge in [0.15, 0.2) is 37.4 Å². The van der Waals surface area contributed by atoms with E-state index < -0.39 is 230 Å². The highest BCUT2D eigenvalue weighted by molar-refractivity contribution is 5.87. The smallest absolute Gasteiger partial charge is 0.331 e. The van der Waals surface area contributed by atoms with Gasteiger partial charge in [0.05, 0.1) is 62.7 Å². The summed E-state index contributed by atoms with van der Waals surface area (Å²) in [5.74, 6) is -4.13. The Morgan fingerprint density at radius 3 is 1.78 bits per heavy atom. The summed E-state index contributed by atoms with van der Waals surface area (Å²) in [6.45, 7) is 10.4. The maximum atomic E-state index is 16.0. The van der Waals surface area contributed by atoms with Crippen LogP contribution in [0.2, 0.25) is 0 Å². The lowest BCUT2D eigenvalue weighted by atomic mass is 9.33. The molecule has 11 rings (SSSR count). The van der Waals surface area contributed by atoms with Crippen molar-refractivity contribution in [3.05, 3.63) is 47.6 Å². The molecule has 10 aliphatic rings. The van der Waals surface area contributed by atoms with E-state index in [1.54, 1.807) is 24.3 Å². The molecule has 5 saturated heterocycles. The van der Waals surface area contributed by atoms with Crippen molar-refractivity contribution in [1.29, 1.82) is 0 Å². The standard InChI is InChI=1S/C68H100O30/c1-29-51(93-41(74)16-11-31-9-12-32(87-8)13-10-31)49(82)54(96-59-50(83)53(95-57-47(80)43(76)37(73)27-89-57)52(30(2)90-59)94-56-46(79)42(75)36(72)26-88-56)60(91-29)98-62(86)67-20-19-63(3,4)23-34(67)33-14-15-39-64(5)24-35(71)55(97-58-48(81)45(78)44(77)38(25-69)92-58)66(7,61(84)85)40(64)17-18-65(39,6)68(33,28-70)22-21-67/h9-14,16,29-30,34-40,42-60,69-73,75-83H,15,17-28H2,1-8H3,(H,84,85)/b16-11+/t29-,30+,34+,35+,36-,37-,38-,39-,40-,42+,43-,44-,45+,46-,47+,48-,49+,50-,51+,52+,53+,54-,55+,56+,57+,58+,59+,60+,64-,65-,66+,67+,68+/m1/s1. The van der Waals surface area contributed by atoms with Crippen molar-refractivity contribution in [1.82, 2.24) is 0 Å². The summed E-state index contributed by atoms with van der Waals surface area (Å²) >= 11 is 0. The second kappa shape index (κ2) is 28.6. The molecule has 33 atom stereocenters. The monoisotopic (exact) mass is 1400 g/mol. The molecule has 5 heterocycles. The Hall–Kier alpha value is -4.01. The van der Waals surface area contributed by atoms with Crippen LogP contribution in [0.25, 0.3) is 6.08 Å². The predicted molar refractivity (Wildman–Crippen MR) is 331 cm³/mol. The summed E-state index contributed by atoms with van der Waals surface area (Å²) in [4.78, 5) is 43.7. The van der Waals surface area contributed by atoms with Crippen LogP contribution < -0.4 is 4.74 Å². The highest BCUT2D eigenvalue weighted by atomic mass is 16.8. The van der Waals surface area contributed by atoms with E-state index in [1.165, 1.54) is 34.0 Å². The molecule has 30 heteroatoms. The summed E-state index contributed by atoms with van der Waals surface area (Å²) < 4.78 is 72.3. The molecule has 1 aromatic carbocycles. The van der Waals surface area contributed by atoms with E-state index in [9.17, 15) is 86.2 Å². The second-order valence-electron chi connectivity index (χ2n) is 30.5. The molecule has 5 aliphatic heterocycles. The number of rotatable bonds is 17. The first-order valence-corrected chi connectivity index (χ1v) is 34.0. The van der Waals surface area contributed by atoms with Gasteiger partial charge >= 0.3 is 17.9 Å². The first-order chi connectivity index (χ1) is 46.1. The quantitative estimate of drug-likeness (QED) is 0.0362. The van der Waals surface area contributed by atoms with Gasteiger partial charge in [-0.05, 0) is 136 Å². The fourth-order valence-electron chi connectivity index (χ4n) is 18.8. The third kappa shape index (κ3) is 13.0. The van der Waals surface area contributed by atoms with Gasteiger partial charge in [0.2, 0.25) is 6.29 Å². The highest BCUT2D eigenvalue weighted by Gasteiger charge is 2.74. The van der Waals surface area contributed by atoms with Gasteiger partial charge in [0.25, 0.3) is 0 Å². The molecule has 0 aromatic heterocycles. The van der Waals surface area contributed by atoms with Crippen LogP contribution in [0.4, 0.5) is 0 Å². The normalized spacial score (nSPS) is 49.4. The fourth-order valence-corrected chi connectivity index (χ4v) is 18.8. The van der Waals surface area contributed by atoms with Crippen LogP contribution in [0.5, 0.6) is 5.75 Å². The Morgan fingerprint density at radius 2 is 1.16 bits per heavy atom. The van der Waals surface area contributed by atoms with Crippen molar-refractivity contribution in [2.75, 3.05) is 33.5 Å². The van der Waals surface area contributed by atoms with Gasteiger partial charge in [-0.25, -0.2) is 4.79 Å². The molecule has 0 amide bonds. The Bertz CT molecular complexity index is 3040. The molecule has 0 spiro atoms. The van der Waals surface area contributed by atoms with Gasteiger partial charge in [-0.2, -0.15) is 0 Å². The number of benzene rings is 1. The Labute approximate surface area is 566 Å². The summed E-state index contributed by atoms with van der Waals surface area (Å²) in [6.07, 6.45) is -35.4. The molecule has 0 unspecified atom stereocenters. The van der Waals surface area contributed by atoms with Crippen LogP contribution >= 0.6 is 0 Å². The molecule has 1 aromatic rings. The van der Waals surface area contributed by atoms with E-state index >= 15 is 4.79 Å². The minimum Gasteiger partial charge on any atom is -0.497 e. The van der Waals surface area contributed by atoms with Crippen LogP contribution in [-0.4, -0.2) is 282 Å². The minimum absolute atomic E-state index is 0.00304. The molecule has 98 heavy (non-hydrogen) atoms. The van der Waals surface area contributed by atoms with E-state index in [0.717, 1.165) is 11.6 Å². The van der Waals surface area contributed by atoms with Crippen molar-refractivity contribution >= 4 is 24.0 Å². The van der Waals surface area contributed by atoms with Crippen LogP contribution in [0.1, 0.15) is 112 Å². The molecule has 0 bridgehead atoms. The molecular formula is C68H100O30. The molecule has 9 fully saturated rings. The number of allylic oxidation sites excluding steroid dienone is 1. The maximum Gasteiger partial charge on any atom is 0.331 e. The Balaban J connectivity index is 0.904. The van der Waals surface area contributed by atoms with Gasteiger partial charge in [-0.1, -0.05) is 51.5 Å². The van der Waals surface area contributed by atoms with Crippen molar-refractivity contribution in [3.63, 3.8) is 0 Å². The van der Waals surface area contributed by atoms with Crippen LogP contribution in [0, 0.1) is 50.2 Å². The second-order valence-corrected chi connectivity index (χ2v) is 30.5. The van der Waals surface area contributed by atoms with Crippen molar-refractivity contribution in [2.45, 2.75) is 260 Å². The van der Waals surface area contributed by atoms with Crippen LogP contribution in [0.3, 0.4) is 0 Å². The fraction of sp³-hybridized carbons (Fsp3) is 0.809. The number of carbonyl (C=O) groups excluding carboxylic acids is 2. The molecule has 5 aliphatic carbocycles. The Kier molecular flexibility index (Phi) is 21.9. The number of esters is 2. The zero-order valence-electron chi connectivity index (χ0n) is 56.2. The van der Waals surface area contributed by atoms with Crippen molar-refractivity contribution in [3.8, 4) is 5.75 Å². The van der Waals surface area contributed by atoms with Gasteiger partial charge in [0.1, 0.15) is 97.3 Å². The summed E-state index contributed by atoms with van der Waals surface area (Å²) in [6, 6.07) is 6.74. The van der Waals surface area contributed by atoms with E-state index in [2.05, 4.69) is 26.8 Å². The van der Waals surface area contributed by atoms with E-state index in [1.807, 2.05) is 6.92 Å². The predicted octanol–water partition coefficient (Wildman–Crippen LogP) is -1.60. The molecule has 552 valence electrons. The average molecular weight is 1400 g/mol. The van der Waals surface area contributed by atoms with Gasteiger partial charge < -0.3 is 133 Å². The molecule has 0 radical (unpaired) electrons. The van der Waals surface area contributed by atoms with Gasteiger partial charge in [0, 0.05) is 11.5 Å². The first kappa shape index (κ1) is 75.2. The SMILES string of the molecule is COc1ccc(/C=C/C(=O)O[C@@H]2[C@H](O)[C@@H](O[C@@H]3O[C@@H](C)[C@H](O[C@@H]4OC[C@@H](O)[C@H](O)[C@H]4O)[C@@H](O[C@@H]4OC[C@@H](O)[C@@H](O)[C@@H]4O)[C@H]3O)[C@H](OC(=O)[C@]34CCC(C)(C)C[C@H]3C3=CC[C@@H]5[C@@]6(C)C[C@H](O)[C@H](O[C@@H]7O[C@H](CO)[C@@H](O)[C@H](O)[C@H]7O)[C@@](C)(C(=O)O)[C@@H]6CC[C@@]5(C)[C@]3(CO)CC4)O[C@@H]2C)cc1. The third-order valence-corrected chi connectivity index (χ3v) is 24.4. The third-order valence-electron chi connectivity index (χ3n) is 24.4. The summed E-state index contributed by atoms with van der Waals surface area (Å²) in [7, 11) is 1.50. The number of ether oxygens (including phenoxy) is 12. The number of aliphatic hydroxyl groups is 14. The molecule has 30 nitrogen and oxygen atoms in total. The van der Waals surface area contributed by atoms with E-state index in [4.69, 9.17) is 56.8 Å². The maximum absolute atomic E-state index is 16.0. The van der Waals surface area contributed by atoms with E-state index in [-0.39, 0.29) is 50.0 Å².